The van der Waals surface area contributed by atoms with Crippen molar-refractivity contribution in [3.63, 3.8) is 0 Å². The number of rotatable bonds is 6. The van der Waals surface area contributed by atoms with Gasteiger partial charge in [-0.05, 0) is 71.8 Å². The fourth-order valence-corrected chi connectivity index (χ4v) is 4.75. The summed E-state index contributed by atoms with van der Waals surface area (Å²) in [6.45, 7) is 1.28. The molecule has 39 heavy (non-hydrogen) atoms. The average Bonchev–Trinajstić information content (AvgIpc) is 3.00. The molecule has 0 aliphatic carbocycles. The van der Waals surface area contributed by atoms with Crippen LogP contribution < -0.4 is 23.8 Å². The van der Waals surface area contributed by atoms with E-state index in [-0.39, 0.29) is 18.9 Å². The number of nitriles is 1. The molecule has 0 atom stereocenters. The first kappa shape index (κ1) is 24.3. The monoisotopic (exact) mass is 519 g/mol. The molecule has 0 saturated heterocycles. The van der Waals surface area contributed by atoms with E-state index in [0.717, 1.165) is 39.4 Å². The molecule has 194 valence electrons. The smallest absolute Gasteiger partial charge is 0.265 e. The summed E-state index contributed by atoms with van der Waals surface area (Å²) in [4.78, 5) is 19.2. The zero-order chi connectivity index (χ0) is 26.8. The molecule has 0 radical (unpaired) electrons. The summed E-state index contributed by atoms with van der Waals surface area (Å²) < 4.78 is 22.5. The Morgan fingerprint density at radius 2 is 1.49 bits per heavy atom. The summed E-state index contributed by atoms with van der Waals surface area (Å²) in [5.74, 6) is 2.61. The Morgan fingerprint density at radius 3 is 2.21 bits per heavy atom. The van der Waals surface area contributed by atoms with Crippen LogP contribution in [0.2, 0.25) is 0 Å². The molecule has 6 rings (SSSR count). The van der Waals surface area contributed by atoms with Crippen molar-refractivity contribution in [2.75, 3.05) is 38.4 Å². The molecule has 4 aromatic rings. The number of benzene rings is 3. The van der Waals surface area contributed by atoms with Gasteiger partial charge >= 0.3 is 0 Å². The lowest BCUT2D eigenvalue weighted by Crippen LogP contribution is -2.39. The third-order valence-corrected chi connectivity index (χ3v) is 6.73. The van der Waals surface area contributed by atoms with Gasteiger partial charge in [-0.25, -0.2) is 4.98 Å². The number of nitrogens with zero attached hydrogens (tertiary/aromatic N) is 3. The second-order valence-corrected chi connectivity index (χ2v) is 9.14. The van der Waals surface area contributed by atoms with Crippen molar-refractivity contribution >= 4 is 11.6 Å². The van der Waals surface area contributed by atoms with E-state index in [4.69, 9.17) is 29.2 Å². The minimum absolute atomic E-state index is 0.0444. The quantitative estimate of drug-likeness (QED) is 0.332. The van der Waals surface area contributed by atoms with Crippen LogP contribution in [0.15, 0.2) is 72.8 Å². The molecule has 0 bridgehead atoms. The predicted molar refractivity (Wildman–Crippen MR) is 146 cm³/mol. The number of hydrogen-bond donors (Lipinski definition) is 0. The van der Waals surface area contributed by atoms with E-state index in [0.29, 0.717) is 42.7 Å². The maximum absolute atomic E-state index is 12.6. The summed E-state index contributed by atoms with van der Waals surface area (Å²) in [7, 11) is 1.64. The number of anilines is 1. The molecular weight excluding hydrogens is 494 g/mol. The van der Waals surface area contributed by atoms with Crippen LogP contribution in [0.5, 0.6) is 23.0 Å². The standard InChI is InChI=1S/C31H25N3O5/c1-36-24-7-3-20(4-8-24)23-15-25(33-26(16-23)22-6-10-29-30(18-22)38-14-13-37-29)21-5-9-28-27(17-21)34(12-2-11-32)31(35)19-39-28/h3-10,15-18H,2,12-14,19H2,1H3. The van der Waals surface area contributed by atoms with E-state index >= 15 is 0 Å². The van der Waals surface area contributed by atoms with Gasteiger partial charge in [-0.1, -0.05) is 12.1 Å². The van der Waals surface area contributed by atoms with Gasteiger partial charge in [0.05, 0.1) is 36.7 Å². The molecule has 0 fully saturated rings. The molecule has 1 amide bonds. The highest BCUT2D eigenvalue weighted by molar-refractivity contribution is 5.98. The molecule has 0 N–H and O–H groups in total. The van der Waals surface area contributed by atoms with Gasteiger partial charge in [0.15, 0.2) is 18.1 Å². The summed E-state index contributed by atoms with van der Waals surface area (Å²) in [5, 5.41) is 9.09. The normalized spacial score (nSPS) is 13.7. The molecule has 8 nitrogen and oxygen atoms in total. The first-order chi connectivity index (χ1) is 19.1. The Morgan fingerprint density at radius 1 is 0.821 bits per heavy atom. The van der Waals surface area contributed by atoms with Crippen LogP contribution in [-0.2, 0) is 4.79 Å². The fraction of sp³-hybridized carbons (Fsp3) is 0.194. The lowest BCUT2D eigenvalue weighted by atomic mass is 9.99. The molecule has 2 aliphatic rings. The van der Waals surface area contributed by atoms with E-state index in [1.165, 1.54) is 0 Å². The fourth-order valence-electron chi connectivity index (χ4n) is 4.75. The zero-order valence-corrected chi connectivity index (χ0v) is 21.3. The Kier molecular flexibility index (Phi) is 6.47. The zero-order valence-electron chi connectivity index (χ0n) is 21.3. The van der Waals surface area contributed by atoms with Crippen molar-refractivity contribution in [1.82, 2.24) is 4.98 Å². The van der Waals surface area contributed by atoms with Crippen LogP contribution >= 0.6 is 0 Å². The number of ether oxygens (including phenoxy) is 4. The van der Waals surface area contributed by atoms with E-state index in [2.05, 4.69) is 6.07 Å². The Bertz CT molecular complexity index is 1590. The summed E-state index contributed by atoms with van der Waals surface area (Å²) in [5.41, 5.74) is 5.82. The van der Waals surface area contributed by atoms with Crippen molar-refractivity contribution in [3.8, 4) is 62.7 Å². The molecule has 3 aromatic carbocycles. The van der Waals surface area contributed by atoms with Crippen LogP contribution in [0, 0.1) is 11.3 Å². The van der Waals surface area contributed by atoms with Crippen LogP contribution in [-0.4, -0.2) is 44.4 Å². The van der Waals surface area contributed by atoms with Crippen molar-refractivity contribution in [3.05, 3.63) is 72.8 Å². The molecule has 8 heteroatoms. The Balaban J connectivity index is 1.47. The topological polar surface area (TPSA) is 93.9 Å². The predicted octanol–water partition coefficient (Wildman–Crippen LogP) is 5.50. The summed E-state index contributed by atoms with van der Waals surface area (Å²) >= 11 is 0. The first-order valence-corrected chi connectivity index (χ1v) is 12.6. The molecule has 0 unspecified atom stereocenters. The minimum atomic E-state index is -0.174. The number of methoxy groups -OCH3 is 1. The maximum atomic E-state index is 12.6. The molecule has 3 heterocycles. The van der Waals surface area contributed by atoms with Gasteiger partial charge in [-0.3, -0.25) is 4.79 Å². The van der Waals surface area contributed by atoms with Gasteiger partial charge in [0, 0.05) is 17.7 Å². The van der Waals surface area contributed by atoms with E-state index in [1.54, 1.807) is 12.0 Å². The second kappa shape index (κ2) is 10.4. The third-order valence-electron chi connectivity index (χ3n) is 6.73. The Labute approximate surface area is 225 Å². The molecule has 1 aromatic heterocycles. The SMILES string of the molecule is COc1ccc(-c2cc(-c3ccc4c(c3)OCCO4)nc(-c3ccc4c(c3)N(CCC#N)C(=O)CO4)c2)cc1. The van der Waals surface area contributed by atoms with Crippen molar-refractivity contribution in [2.24, 2.45) is 0 Å². The van der Waals surface area contributed by atoms with Gasteiger partial charge in [0.25, 0.3) is 5.91 Å². The van der Waals surface area contributed by atoms with Crippen molar-refractivity contribution < 1.29 is 23.7 Å². The Hall–Kier alpha value is -5.03. The van der Waals surface area contributed by atoms with Crippen LogP contribution in [0.3, 0.4) is 0 Å². The lowest BCUT2D eigenvalue weighted by molar-refractivity contribution is -0.121. The van der Waals surface area contributed by atoms with Gasteiger partial charge in [0.2, 0.25) is 0 Å². The van der Waals surface area contributed by atoms with E-state index in [1.807, 2.05) is 72.8 Å². The number of amides is 1. The second-order valence-electron chi connectivity index (χ2n) is 9.14. The van der Waals surface area contributed by atoms with Crippen molar-refractivity contribution in [1.29, 1.82) is 5.26 Å². The van der Waals surface area contributed by atoms with Crippen LogP contribution in [0.1, 0.15) is 6.42 Å². The van der Waals surface area contributed by atoms with Gasteiger partial charge in [0.1, 0.15) is 24.7 Å². The highest BCUT2D eigenvalue weighted by Gasteiger charge is 2.26. The highest BCUT2D eigenvalue weighted by Crippen LogP contribution is 2.39. The van der Waals surface area contributed by atoms with E-state index < -0.39 is 0 Å². The van der Waals surface area contributed by atoms with Crippen LogP contribution in [0.25, 0.3) is 33.6 Å². The lowest BCUT2D eigenvalue weighted by Gasteiger charge is -2.29. The van der Waals surface area contributed by atoms with Gasteiger partial charge in [-0.2, -0.15) is 5.26 Å². The first-order valence-electron chi connectivity index (χ1n) is 12.6. The molecule has 0 spiro atoms. The minimum Gasteiger partial charge on any atom is -0.497 e. The number of carbonyl (C=O) groups is 1. The van der Waals surface area contributed by atoms with Gasteiger partial charge < -0.3 is 23.8 Å². The van der Waals surface area contributed by atoms with Crippen LogP contribution in [0.4, 0.5) is 5.69 Å². The van der Waals surface area contributed by atoms with E-state index in [9.17, 15) is 4.79 Å². The number of carbonyl (C=O) groups excluding carboxylic acids is 1. The van der Waals surface area contributed by atoms with Gasteiger partial charge in [-0.15, -0.1) is 0 Å². The number of fused-ring (bicyclic) bond motifs is 2. The summed E-state index contributed by atoms with van der Waals surface area (Å²) in [6.07, 6.45) is 0.231. The number of aromatic nitrogens is 1. The average molecular weight is 520 g/mol. The largest absolute Gasteiger partial charge is 0.497 e. The summed E-state index contributed by atoms with van der Waals surface area (Å²) in [6, 6.07) is 25.6. The molecule has 0 saturated carbocycles. The number of hydrogen-bond acceptors (Lipinski definition) is 7. The third kappa shape index (κ3) is 4.82. The molecular formula is C31H25N3O5. The maximum Gasteiger partial charge on any atom is 0.265 e. The highest BCUT2D eigenvalue weighted by atomic mass is 16.6. The van der Waals surface area contributed by atoms with Crippen molar-refractivity contribution in [2.45, 2.75) is 6.42 Å². The number of pyridine rings is 1. The molecule has 2 aliphatic heterocycles.